The maximum atomic E-state index is 13.1. The predicted molar refractivity (Wildman–Crippen MR) is 90.8 cm³/mol. The molecule has 0 spiro atoms. The number of pyridine rings is 1. The van der Waals surface area contributed by atoms with Gasteiger partial charge in [-0.25, -0.2) is 9.18 Å². The van der Waals surface area contributed by atoms with Gasteiger partial charge in [0.1, 0.15) is 5.82 Å². The third-order valence-electron chi connectivity index (χ3n) is 4.04. The zero-order valence-corrected chi connectivity index (χ0v) is 13.8. The smallest absolute Gasteiger partial charge is 0.416 e. The maximum absolute atomic E-state index is 13.1. The molecule has 0 saturated carbocycles. The number of rotatable bonds is 4. The largest absolute Gasteiger partial charge is 0.478 e. The average molecular weight is 375 g/mol. The van der Waals surface area contributed by atoms with Gasteiger partial charge in [0.15, 0.2) is 0 Å². The second-order valence-corrected chi connectivity index (χ2v) is 5.91. The van der Waals surface area contributed by atoms with Gasteiger partial charge in [0.2, 0.25) is 0 Å². The lowest BCUT2D eigenvalue weighted by Gasteiger charge is -2.12. The van der Waals surface area contributed by atoms with E-state index in [2.05, 4.69) is 4.98 Å². The van der Waals surface area contributed by atoms with Crippen LogP contribution in [-0.2, 0) is 12.6 Å². The van der Waals surface area contributed by atoms with Crippen LogP contribution in [-0.4, -0.2) is 16.1 Å². The number of carboxylic acid groups (broad SMARTS) is 1. The Balaban J connectivity index is 1.99. The van der Waals surface area contributed by atoms with Gasteiger partial charge in [0, 0.05) is 5.56 Å². The molecule has 0 bridgehead atoms. The number of carbonyl (C=O) groups is 1. The van der Waals surface area contributed by atoms with Crippen molar-refractivity contribution in [1.82, 2.24) is 4.98 Å². The molecule has 0 saturated heterocycles. The van der Waals surface area contributed by atoms with E-state index in [0.29, 0.717) is 22.4 Å². The molecular formula is C20H13F4NO2. The van der Waals surface area contributed by atoms with Crippen LogP contribution in [0.3, 0.4) is 0 Å². The van der Waals surface area contributed by atoms with Crippen LogP contribution in [0.2, 0.25) is 0 Å². The molecule has 0 unspecified atom stereocenters. The first-order chi connectivity index (χ1) is 12.7. The molecule has 0 radical (unpaired) electrons. The van der Waals surface area contributed by atoms with E-state index in [1.807, 2.05) is 0 Å². The van der Waals surface area contributed by atoms with Gasteiger partial charge in [-0.05, 0) is 53.9 Å². The molecule has 2 aromatic carbocycles. The van der Waals surface area contributed by atoms with Crippen molar-refractivity contribution in [1.29, 1.82) is 0 Å². The van der Waals surface area contributed by atoms with Crippen molar-refractivity contribution in [2.75, 3.05) is 0 Å². The van der Waals surface area contributed by atoms with Gasteiger partial charge in [0.25, 0.3) is 0 Å². The first kappa shape index (κ1) is 18.6. The van der Waals surface area contributed by atoms with Crippen molar-refractivity contribution in [2.45, 2.75) is 12.6 Å². The molecule has 0 fully saturated rings. The standard InChI is InChI=1S/C20H13F4NO2/c21-16-7-8-18(25-11-16)17-10-14(19(26)27)4-3-13(17)9-12-1-5-15(6-2-12)20(22,23)24/h1-8,10-11H,9H2,(H,26,27). The van der Waals surface area contributed by atoms with Crippen LogP contribution in [0.5, 0.6) is 0 Å². The number of benzene rings is 2. The van der Waals surface area contributed by atoms with Crippen molar-refractivity contribution in [3.8, 4) is 11.3 Å². The van der Waals surface area contributed by atoms with E-state index in [1.54, 1.807) is 6.07 Å². The van der Waals surface area contributed by atoms with Gasteiger partial charge >= 0.3 is 12.1 Å². The topological polar surface area (TPSA) is 50.2 Å². The summed E-state index contributed by atoms with van der Waals surface area (Å²) < 4.78 is 51.2. The fourth-order valence-electron chi connectivity index (χ4n) is 2.67. The Kier molecular flexibility index (Phi) is 4.94. The molecular weight excluding hydrogens is 362 g/mol. The molecule has 7 heteroatoms. The van der Waals surface area contributed by atoms with Crippen molar-refractivity contribution in [2.24, 2.45) is 0 Å². The quantitative estimate of drug-likeness (QED) is 0.638. The summed E-state index contributed by atoms with van der Waals surface area (Å²) in [5.74, 6) is -1.66. The molecule has 3 rings (SSSR count). The highest BCUT2D eigenvalue weighted by molar-refractivity contribution is 5.89. The zero-order chi connectivity index (χ0) is 19.6. The van der Waals surface area contributed by atoms with Crippen LogP contribution in [0.4, 0.5) is 17.6 Å². The molecule has 27 heavy (non-hydrogen) atoms. The van der Waals surface area contributed by atoms with E-state index in [9.17, 15) is 27.5 Å². The minimum Gasteiger partial charge on any atom is -0.478 e. The molecule has 1 N–H and O–H groups in total. The van der Waals surface area contributed by atoms with E-state index >= 15 is 0 Å². The Labute approximate surface area is 151 Å². The van der Waals surface area contributed by atoms with Crippen LogP contribution in [0, 0.1) is 5.82 Å². The van der Waals surface area contributed by atoms with Crippen LogP contribution < -0.4 is 0 Å². The molecule has 138 valence electrons. The van der Waals surface area contributed by atoms with E-state index in [1.165, 1.54) is 36.4 Å². The van der Waals surface area contributed by atoms with Crippen LogP contribution in [0.25, 0.3) is 11.3 Å². The van der Waals surface area contributed by atoms with E-state index < -0.39 is 23.5 Å². The normalized spacial score (nSPS) is 11.4. The fourth-order valence-corrected chi connectivity index (χ4v) is 2.67. The molecule has 0 aliphatic heterocycles. The highest BCUT2D eigenvalue weighted by Gasteiger charge is 2.29. The van der Waals surface area contributed by atoms with Crippen LogP contribution in [0.1, 0.15) is 27.0 Å². The van der Waals surface area contributed by atoms with E-state index in [-0.39, 0.29) is 12.0 Å². The SMILES string of the molecule is O=C(O)c1ccc(Cc2ccc(C(F)(F)F)cc2)c(-c2ccc(F)cn2)c1. The summed E-state index contributed by atoms with van der Waals surface area (Å²) >= 11 is 0. The summed E-state index contributed by atoms with van der Waals surface area (Å²) in [6.45, 7) is 0. The lowest BCUT2D eigenvalue weighted by Crippen LogP contribution is -2.05. The monoisotopic (exact) mass is 375 g/mol. The molecule has 0 aliphatic carbocycles. The number of aromatic carboxylic acids is 1. The Hall–Kier alpha value is -3.22. The summed E-state index contributed by atoms with van der Waals surface area (Å²) in [7, 11) is 0. The maximum Gasteiger partial charge on any atom is 0.416 e. The number of nitrogens with zero attached hydrogens (tertiary/aromatic N) is 1. The number of halogens is 4. The van der Waals surface area contributed by atoms with E-state index in [0.717, 1.165) is 18.3 Å². The van der Waals surface area contributed by atoms with Gasteiger partial charge in [-0.1, -0.05) is 18.2 Å². The highest BCUT2D eigenvalue weighted by Crippen LogP contribution is 2.30. The fraction of sp³-hybridized carbons (Fsp3) is 0.100. The Morgan fingerprint density at radius 3 is 2.26 bits per heavy atom. The zero-order valence-electron chi connectivity index (χ0n) is 13.8. The lowest BCUT2D eigenvalue weighted by atomic mass is 9.95. The van der Waals surface area contributed by atoms with Crippen molar-refractivity contribution >= 4 is 5.97 Å². The third-order valence-corrected chi connectivity index (χ3v) is 4.04. The Morgan fingerprint density at radius 1 is 1.00 bits per heavy atom. The summed E-state index contributed by atoms with van der Waals surface area (Å²) in [6.07, 6.45) is -3.12. The first-order valence-corrected chi connectivity index (χ1v) is 7.88. The third kappa shape index (κ3) is 4.31. The number of carboxylic acids is 1. The molecule has 3 aromatic rings. The van der Waals surface area contributed by atoms with Gasteiger partial charge < -0.3 is 5.11 Å². The second-order valence-electron chi connectivity index (χ2n) is 5.91. The molecule has 3 nitrogen and oxygen atoms in total. The molecule has 0 aliphatic rings. The number of hydrogen-bond donors (Lipinski definition) is 1. The van der Waals surface area contributed by atoms with Gasteiger partial charge in [-0.15, -0.1) is 0 Å². The molecule has 0 atom stereocenters. The summed E-state index contributed by atoms with van der Waals surface area (Å²) in [5.41, 5.74) is 1.43. The first-order valence-electron chi connectivity index (χ1n) is 7.88. The highest BCUT2D eigenvalue weighted by atomic mass is 19.4. The van der Waals surface area contributed by atoms with Gasteiger partial charge in [0.05, 0.1) is 23.0 Å². The van der Waals surface area contributed by atoms with Gasteiger partial charge in [-0.3, -0.25) is 4.98 Å². The van der Waals surface area contributed by atoms with Crippen LogP contribution in [0.15, 0.2) is 60.8 Å². The Bertz CT molecular complexity index is 965. The molecule has 1 aromatic heterocycles. The lowest BCUT2D eigenvalue weighted by molar-refractivity contribution is -0.137. The van der Waals surface area contributed by atoms with Crippen LogP contribution >= 0.6 is 0 Å². The predicted octanol–water partition coefficient (Wildman–Crippen LogP) is 5.20. The summed E-state index contributed by atoms with van der Waals surface area (Å²) in [5, 5.41) is 9.20. The average Bonchev–Trinajstić information content (AvgIpc) is 2.62. The minimum absolute atomic E-state index is 0.0345. The molecule has 1 heterocycles. The summed E-state index contributed by atoms with van der Waals surface area (Å²) in [6, 6.07) is 11.8. The number of hydrogen-bond acceptors (Lipinski definition) is 2. The summed E-state index contributed by atoms with van der Waals surface area (Å²) in [4.78, 5) is 15.2. The minimum atomic E-state index is -4.41. The van der Waals surface area contributed by atoms with Crippen molar-refractivity contribution in [3.63, 3.8) is 0 Å². The van der Waals surface area contributed by atoms with Gasteiger partial charge in [-0.2, -0.15) is 13.2 Å². The van der Waals surface area contributed by atoms with E-state index in [4.69, 9.17) is 0 Å². The number of aromatic nitrogens is 1. The van der Waals surface area contributed by atoms with Crippen molar-refractivity contribution in [3.05, 3.63) is 88.9 Å². The second kappa shape index (κ2) is 7.19. The Morgan fingerprint density at radius 2 is 1.70 bits per heavy atom. The number of alkyl halides is 3. The van der Waals surface area contributed by atoms with Crippen molar-refractivity contribution < 1.29 is 27.5 Å². The molecule has 0 amide bonds.